The van der Waals surface area contributed by atoms with Gasteiger partial charge in [0, 0.05) is 11.6 Å². The van der Waals surface area contributed by atoms with Crippen molar-refractivity contribution < 1.29 is 13.7 Å². The van der Waals surface area contributed by atoms with Crippen molar-refractivity contribution in [3.8, 4) is 11.5 Å². The second-order valence-electron chi connectivity index (χ2n) is 4.52. The number of nitrogens with two attached hydrogens (primary N) is 1. The van der Waals surface area contributed by atoms with Gasteiger partial charge < -0.3 is 20.0 Å². The number of furan rings is 1. The number of aromatic nitrogens is 1. The molecule has 2 aromatic heterocycles. The normalized spacial score (nSPS) is 10.6. The third kappa shape index (κ3) is 2.68. The summed E-state index contributed by atoms with van der Waals surface area (Å²) >= 11 is 6.05. The first-order valence-electron chi connectivity index (χ1n) is 6.47. The van der Waals surface area contributed by atoms with E-state index in [1.54, 1.807) is 18.2 Å². The second-order valence-corrected chi connectivity index (χ2v) is 4.93. The van der Waals surface area contributed by atoms with Gasteiger partial charge in [0.2, 0.25) is 5.88 Å². The minimum absolute atomic E-state index is 0.0666. The maximum atomic E-state index is 12.4. The van der Waals surface area contributed by atoms with E-state index in [4.69, 9.17) is 26.3 Å². The zero-order valence-electron chi connectivity index (χ0n) is 11.4. The van der Waals surface area contributed by atoms with Crippen molar-refractivity contribution in [3.05, 3.63) is 58.8 Å². The Morgan fingerprint density at radius 3 is 2.82 bits per heavy atom. The lowest BCUT2D eigenvalue weighted by atomic mass is 10.1. The number of anilines is 1. The number of nitrogen functional groups attached to an aromatic ring is 1. The second kappa shape index (κ2) is 5.95. The maximum Gasteiger partial charge on any atom is 0.259 e. The summed E-state index contributed by atoms with van der Waals surface area (Å²) in [6.45, 7) is 0.265. The molecule has 112 valence electrons. The first-order valence-corrected chi connectivity index (χ1v) is 6.85. The summed E-state index contributed by atoms with van der Waals surface area (Å²) in [7, 11) is 0. The van der Waals surface area contributed by atoms with Crippen LogP contribution in [-0.4, -0.2) is 11.1 Å². The molecule has 0 saturated heterocycles. The van der Waals surface area contributed by atoms with Crippen molar-refractivity contribution >= 4 is 23.4 Å². The lowest BCUT2D eigenvalue weighted by Gasteiger charge is -2.06. The predicted octanol–water partition coefficient (Wildman–Crippen LogP) is 3.10. The predicted molar refractivity (Wildman–Crippen MR) is 81.2 cm³/mol. The van der Waals surface area contributed by atoms with Crippen LogP contribution in [0.4, 0.5) is 5.88 Å². The standard InChI is InChI=1S/C15H12ClN3O3/c16-10-5-2-1-4-9(10)8-18-15(20)12-13(19-22-14(12)17)11-6-3-7-21-11/h1-7H,8,17H2,(H,18,20). The van der Waals surface area contributed by atoms with Gasteiger partial charge in [0.15, 0.2) is 11.5 Å². The number of hydrogen-bond acceptors (Lipinski definition) is 5. The van der Waals surface area contributed by atoms with E-state index in [2.05, 4.69) is 10.5 Å². The van der Waals surface area contributed by atoms with Gasteiger partial charge in [-0.05, 0) is 23.8 Å². The lowest BCUT2D eigenvalue weighted by molar-refractivity contribution is 0.0952. The molecular formula is C15H12ClN3O3. The molecule has 0 spiro atoms. The Morgan fingerprint density at radius 2 is 2.09 bits per heavy atom. The summed E-state index contributed by atoms with van der Waals surface area (Å²) in [5.41, 5.74) is 6.89. The van der Waals surface area contributed by atoms with Crippen molar-refractivity contribution in [3.63, 3.8) is 0 Å². The van der Waals surface area contributed by atoms with Crippen LogP contribution in [0, 0.1) is 0 Å². The van der Waals surface area contributed by atoms with Crippen molar-refractivity contribution in [2.24, 2.45) is 0 Å². The molecule has 0 radical (unpaired) electrons. The lowest BCUT2D eigenvalue weighted by Crippen LogP contribution is -2.24. The van der Waals surface area contributed by atoms with Crippen molar-refractivity contribution in [2.75, 3.05) is 5.73 Å². The van der Waals surface area contributed by atoms with Gasteiger partial charge >= 0.3 is 0 Å². The number of halogens is 1. The Hall–Kier alpha value is -2.73. The van der Waals surface area contributed by atoms with Crippen LogP contribution in [-0.2, 0) is 6.54 Å². The van der Waals surface area contributed by atoms with E-state index < -0.39 is 5.91 Å². The van der Waals surface area contributed by atoms with E-state index in [0.29, 0.717) is 10.8 Å². The van der Waals surface area contributed by atoms with E-state index in [0.717, 1.165) is 5.56 Å². The van der Waals surface area contributed by atoms with Crippen LogP contribution < -0.4 is 11.1 Å². The first-order chi connectivity index (χ1) is 10.7. The molecule has 2 heterocycles. The highest BCUT2D eigenvalue weighted by atomic mass is 35.5. The molecule has 1 amide bonds. The zero-order chi connectivity index (χ0) is 15.5. The summed E-state index contributed by atoms with van der Waals surface area (Å²) in [6, 6.07) is 10.6. The van der Waals surface area contributed by atoms with Crippen LogP contribution in [0.5, 0.6) is 0 Å². The van der Waals surface area contributed by atoms with Gasteiger partial charge in [-0.2, -0.15) is 0 Å². The summed E-state index contributed by atoms with van der Waals surface area (Å²) in [4.78, 5) is 12.4. The molecule has 0 aliphatic rings. The fourth-order valence-electron chi connectivity index (χ4n) is 2.01. The smallest absolute Gasteiger partial charge is 0.259 e. The molecule has 7 heteroatoms. The molecule has 6 nitrogen and oxygen atoms in total. The van der Waals surface area contributed by atoms with E-state index in [-0.39, 0.29) is 23.7 Å². The van der Waals surface area contributed by atoms with E-state index in [1.165, 1.54) is 6.26 Å². The number of nitrogens with zero attached hydrogens (tertiary/aromatic N) is 1. The quantitative estimate of drug-likeness (QED) is 0.771. The monoisotopic (exact) mass is 317 g/mol. The molecule has 0 unspecified atom stereocenters. The van der Waals surface area contributed by atoms with E-state index in [1.807, 2.05) is 18.2 Å². The molecule has 3 aromatic rings. The molecule has 0 fully saturated rings. The molecule has 0 saturated carbocycles. The third-order valence-corrected chi connectivity index (χ3v) is 3.47. The van der Waals surface area contributed by atoms with Crippen LogP contribution >= 0.6 is 11.6 Å². The molecule has 3 N–H and O–H groups in total. The van der Waals surface area contributed by atoms with Gasteiger partial charge in [0.25, 0.3) is 5.91 Å². The highest BCUT2D eigenvalue weighted by molar-refractivity contribution is 6.31. The number of carbonyl (C=O) groups excluding carboxylic acids is 1. The Labute approximate surface area is 130 Å². The van der Waals surface area contributed by atoms with E-state index in [9.17, 15) is 4.79 Å². The SMILES string of the molecule is Nc1onc(-c2ccco2)c1C(=O)NCc1ccccc1Cl. The molecule has 0 aliphatic carbocycles. The molecule has 1 aromatic carbocycles. The van der Waals surface area contributed by atoms with Crippen molar-refractivity contribution in [2.45, 2.75) is 6.54 Å². The van der Waals surface area contributed by atoms with Crippen molar-refractivity contribution in [1.29, 1.82) is 0 Å². The fraction of sp³-hybridized carbons (Fsp3) is 0.0667. The Morgan fingerprint density at radius 1 is 1.27 bits per heavy atom. The molecule has 3 rings (SSSR count). The minimum Gasteiger partial charge on any atom is -0.463 e. The largest absolute Gasteiger partial charge is 0.463 e. The topological polar surface area (TPSA) is 94.3 Å². The van der Waals surface area contributed by atoms with Crippen LogP contribution in [0.15, 0.2) is 51.6 Å². The molecule has 0 atom stereocenters. The van der Waals surface area contributed by atoms with Gasteiger partial charge in [0.1, 0.15) is 5.56 Å². The molecule has 0 aliphatic heterocycles. The van der Waals surface area contributed by atoms with Gasteiger partial charge in [0.05, 0.1) is 6.26 Å². The molecule has 22 heavy (non-hydrogen) atoms. The van der Waals surface area contributed by atoms with Gasteiger partial charge in [-0.25, -0.2) is 0 Å². The van der Waals surface area contributed by atoms with Gasteiger partial charge in [-0.1, -0.05) is 35.0 Å². The Bertz CT molecular complexity index is 796. The maximum absolute atomic E-state index is 12.4. The van der Waals surface area contributed by atoms with Crippen molar-refractivity contribution in [1.82, 2.24) is 10.5 Å². The highest BCUT2D eigenvalue weighted by Crippen LogP contribution is 2.27. The molecule has 0 bridgehead atoms. The van der Waals surface area contributed by atoms with Gasteiger partial charge in [-0.3, -0.25) is 4.79 Å². The van der Waals surface area contributed by atoms with Gasteiger partial charge in [-0.15, -0.1) is 0 Å². The zero-order valence-corrected chi connectivity index (χ0v) is 12.1. The summed E-state index contributed by atoms with van der Waals surface area (Å²) in [5.74, 6) is -0.0727. The Kier molecular flexibility index (Phi) is 3.84. The minimum atomic E-state index is -0.412. The number of amides is 1. The summed E-state index contributed by atoms with van der Waals surface area (Å²) in [5, 5.41) is 7.09. The number of carbonyl (C=O) groups is 1. The Balaban J connectivity index is 1.81. The van der Waals surface area contributed by atoms with Crippen LogP contribution in [0.2, 0.25) is 5.02 Å². The van der Waals surface area contributed by atoms with Crippen LogP contribution in [0.3, 0.4) is 0 Å². The number of nitrogens with one attached hydrogen (secondary N) is 1. The highest BCUT2D eigenvalue weighted by Gasteiger charge is 2.24. The first kappa shape index (κ1) is 14.2. The van der Waals surface area contributed by atoms with E-state index >= 15 is 0 Å². The number of rotatable bonds is 4. The van der Waals surface area contributed by atoms with Crippen LogP contribution in [0.25, 0.3) is 11.5 Å². The third-order valence-electron chi connectivity index (χ3n) is 3.10. The fourth-order valence-corrected chi connectivity index (χ4v) is 2.21. The number of benzene rings is 1. The molecular weight excluding hydrogens is 306 g/mol. The average Bonchev–Trinajstić information content (AvgIpc) is 3.15. The average molecular weight is 318 g/mol. The summed E-state index contributed by atoms with van der Waals surface area (Å²) in [6.07, 6.45) is 1.48. The number of hydrogen-bond donors (Lipinski definition) is 2. The van der Waals surface area contributed by atoms with Crippen LogP contribution in [0.1, 0.15) is 15.9 Å². The summed E-state index contributed by atoms with van der Waals surface area (Å²) < 4.78 is 10.1.